The van der Waals surface area contributed by atoms with Gasteiger partial charge in [0.2, 0.25) is 0 Å². The molecule has 2 N–H and O–H groups in total. The maximum Gasteiger partial charge on any atom is 0.251 e. The molecular weight excluding hydrogens is 382 g/mol. The van der Waals surface area contributed by atoms with E-state index in [1.165, 1.54) is 0 Å². The first-order chi connectivity index (χ1) is 14.2. The molecule has 0 saturated carbocycles. The highest BCUT2D eigenvalue weighted by atomic mass is 35.5. The number of carbonyl (C=O) groups excluding carboxylic acids is 1. The summed E-state index contributed by atoms with van der Waals surface area (Å²) in [6, 6.07) is 24.4. The third-order valence-corrected chi connectivity index (χ3v) is 5.36. The minimum atomic E-state index is -0.189. The molecule has 0 aliphatic heterocycles. The Kier molecular flexibility index (Phi) is 5.33. The molecule has 1 amide bonds. The van der Waals surface area contributed by atoms with Gasteiger partial charge in [0.25, 0.3) is 5.91 Å². The molecule has 0 spiro atoms. The van der Waals surface area contributed by atoms with Crippen molar-refractivity contribution in [3.05, 3.63) is 106 Å². The van der Waals surface area contributed by atoms with E-state index < -0.39 is 0 Å². The van der Waals surface area contributed by atoms with Crippen LogP contribution >= 0.6 is 11.6 Å². The molecule has 29 heavy (non-hydrogen) atoms. The second kappa shape index (κ2) is 8.22. The van der Waals surface area contributed by atoms with E-state index >= 15 is 0 Å². The van der Waals surface area contributed by atoms with Crippen molar-refractivity contribution in [2.24, 2.45) is 0 Å². The Hall–Kier alpha value is -3.55. The van der Waals surface area contributed by atoms with Crippen molar-refractivity contribution in [1.29, 1.82) is 5.26 Å². The van der Waals surface area contributed by atoms with Crippen LogP contribution in [0.3, 0.4) is 0 Å². The molecular formula is C24H18ClN3O. The number of nitrogens with one attached hydrogen (secondary N) is 2. The van der Waals surface area contributed by atoms with Crippen LogP contribution in [0, 0.1) is 11.3 Å². The van der Waals surface area contributed by atoms with Crippen molar-refractivity contribution < 1.29 is 4.79 Å². The zero-order valence-corrected chi connectivity index (χ0v) is 16.3. The van der Waals surface area contributed by atoms with Crippen LogP contribution in [0.25, 0.3) is 10.9 Å². The Balaban J connectivity index is 1.65. The Morgan fingerprint density at radius 2 is 1.72 bits per heavy atom. The lowest BCUT2D eigenvalue weighted by atomic mass is 9.90. The Labute approximate surface area is 173 Å². The van der Waals surface area contributed by atoms with Crippen molar-refractivity contribution in [2.45, 2.75) is 5.92 Å². The molecule has 0 saturated heterocycles. The molecule has 4 nitrogen and oxygen atoms in total. The third kappa shape index (κ3) is 3.87. The van der Waals surface area contributed by atoms with E-state index in [1.54, 1.807) is 24.3 Å². The number of halogens is 1. The fourth-order valence-electron chi connectivity index (χ4n) is 3.52. The number of nitrogens with zero attached hydrogens (tertiary/aromatic N) is 1. The van der Waals surface area contributed by atoms with Gasteiger partial charge < -0.3 is 10.3 Å². The lowest BCUT2D eigenvalue weighted by Gasteiger charge is -2.19. The lowest BCUT2D eigenvalue weighted by Crippen LogP contribution is -2.29. The highest BCUT2D eigenvalue weighted by molar-refractivity contribution is 6.31. The number of benzene rings is 3. The van der Waals surface area contributed by atoms with Crippen LogP contribution in [-0.4, -0.2) is 17.4 Å². The van der Waals surface area contributed by atoms with Crippen LogP contribution in [-0.2, 0) is 0 Å². The SMILES string of the molecule is N#Cc1ccc(C(=O)NC[C@H](c2ccccc2Cl)c2c[nH]c3ccccc23)cc1. The molecule has 0 fully saturated rings. The third-order valence-electron chi connectivity index (χ3n) is 5.02. The maximum absolute atomic E-state index is 12.7. The topological polar surface area (TPSA) is 68.7 Å². The number of aromatic amines is 1. The highest BCUT2D eigenvalue weighted by Gasteiger charge is 2.21. The monoisotopic (exact) mass is 399 g/mol. The van der Waals surface area contributed by atoms with Gasteiger partial charge in [-0.25, -0.2) is 0 Å². The Morgan fingerprint density at radius 3 is 2.48 bits per heavy atom. The summed E-state index contributed by atoms with van der Waals surface area (Å²) in [7, 11) is 0. The summed E-state index contributed by atoms with van der Waals surface area (Å²) in [6.45, 7) is 0.393. The van der Waals surface area contributed by atoms with Crippen molar-refractivity contribution in [2.75, 3.05) is 6.54 Å². The van der Waals surface area contributed by atoms with Crippen LogP contribution in [0.2, 0.25) is 5.02 Å². The van der Waals surface area contributed by atoms with Crippen molar-refractivity contribution in [3.8, 4) is 6.07 Å². The van der Waals surface area contributed by atoms with Gasteiger partial charge in [0.05, 0.1) is 11.6 Å². The number of H-pyrrole nitrogens is 1. The second-order valence-electron chi connectivity index (χ2n) is 6.76. The summed E-state index contributed by atoms with van der Waals surface area (Å²) in [5.41, 5.74) is 4.11. The predicted molar refractivity (Wildman–Crippen MR) is 115 cm³/mol. The van der Waals surface area contributed by atoms with Crippen LogP contribution in [0.15, 0.2) is 79.0 Å². The number of amides is 1. The van der Waals surface area contributed by atoms with Gasteiger partial charge in [0.15, 0.2) is 0 Å². The van der Waals surface area contributed by atoms with Crippen molar-refractivity contribution >= 4 is 28.4 Å². The highest BCUT2D eigenvalue weighted by Crippen LogP contribution is 2.34. The molecule has 1 atom stereocenters. The molecule has 0 aliphatic rings. The van der Waals surface area contributed by atoms with Crippen LogP contribution < -0.4 is 5.32 Å². The van der Waals surface area contributed by atoms with Crippen LogP contribution in [0.5, 0.6) is 0 Å². The molecule has 5 heteroatoms. The summed E-state index contributed by atoms with van der Waals surface area (Å²) in [5.74, 6) is -0.298. The number of para-hydroxylation sites is 1. The summed E-state index contributed by atoms with van der Waals surface area (Å²) in [5, 5.41) is 13.7. The summed E-state index contributed by atoms with van der Waals surface area (Å²) in [6.07, 6.45) is 1.98. The Morgan fingerprint density at radius 1 is 1.00 bits per heavy atom. The average Bonchev–Trinajstić information content (AvgIpc) is 3.19. The molecule has 142 valence electrons. The first kappa shape index (κ1) is 18.8. The smallest absolute Gasteiger partial charge is 0.251 e. The molecule has 0 bridgehead atoms. The second-order valence-corrected chi connectivity index (χ2v) is 7.17. The number of carbonyl (C=O) groups is 1. The van der Waals surface area contributed by atoms with E-state index in [9.17, 15) is 4.79 Å². The molecule has 0 unspecified atom stereocenters. The molecule has 0 aliphatic carbocycles. The number of hydrogen-bond acceptors (Lipinski definition) is 2. The maximum atomic E-state index is 12.7. The average molecular weight is 400 g/mol. The standard InChI is InChI=1S/C24H18ClN3O/c25-22-7-3-1-5-18(22)20(21-14-27-23-8-4-2-6-19(21)23)15-28-24(29)17-11-9-16(13-26)10-12-17/h1-12,14,20,27H,15H2,(H,28,29)/t20-/m1/s1. The summed E-state index contributed by atoms with van der Waals surface area (Å²) in [4.78, 5) is 16.0. The number of aromatic nitrogens is 1. The first-order valence-corrected chi connectivity index (χ1v) is 9.64. The lowest BCUT2D eigenvalue weighted by molar-refractivity contribution is 0.0952. The number of nitriles is 1. The van der Waals surface area contributed by atoms with Gasteiger partial charge >= 0.3 is 0 Å². The van der Waals surface area contributed by atoms with Gasteiger partial charge in [0.1, 0.15) is 0 Å². The molecule has 1 heterocycles. The van der Waals surface area contributed by atoms with E-state index in [0.29, 0.717) is 22.7 Å². The van der Waals surface area contributed by atoms with E-state index in [-0.39, 0.29) is 11.8 Å². The fraction of sp³-hybridized carbons (Fsp3) is 0.0833. The van der Waals surface area contributed by atoms with E-state index in [4.69, 9.17) is 16.9 Å². The van der Waals surface area contributed by atoms with Gasteiger partial charge in [-0.3, -0.25) is 4.79 Å². The minimum Gasteiger partial charge on any atom is -0.361 e. The van der Waals surface area contributed by atoms with Crippen LogP contribution in [0.4, 0.5) is 0 Å². The van der Waals surface area contributed by atoms with Gasteiger partial charge in [0, 0.05) is 40.1 Å². The van der Waals surface area contributed by atoms with Crippen molar-refractivity contribution in [3.63, 3.8) is 0 Å². The van der Waals surface area contributed by atoms with E-state index in [2.05, 4.69) is 22.4 Å². The zero-order chi connectivity index (χ0) is 20.2. The molecule has 1 aromatic heterocycles. The number of fused-ring (bicyclic) bond motifs is 1. The van der Waals surface area contributed by atoms with E-state index in [1.807, 2.05) is 48.7 Å². The first-order valence-electron chi connectivity index (χ1n) is 9.26. The molecule has 4 aromatic rings. The summed E-state index contributed by atoms with van der Waals surface area (Å²) >= 11 is 6.50. The quantitative estimate of drug-likeness (QED) is 0.481. The molecule has 3 aromatic carbocycles. The number of hydrogen-bond donors (Lipinski definition) is 2. The van der Waals surface area contributed by atoms with E-state index in [0.717, 1.165) is 22.0 Å². The van der Waals surface area contributed by atoms with Gasteiger partial charge in [-0.1, -0.05) is 48.0 Å². The summed E-state index contributed by atoms with van der Waals surface area (Å²) < 4.78 is 0. The molecule has 0 radical (unpaired) electrons. The van der Waals surface area contributed by atoms with Crippen LogP contribution in [0.1, 0.15) is 33.0 Å². The van der Waals surface area contributed by atoms with Crippen molar-refractivity contribution in [1.82, 2.24) is 10.3 Å². The van der Waals surface area contributed by atoms with Gasteiger partial charge in [-0.05, 0) is 47.5 Å². The predicted octanol–water partition coefficient (Wildman–Crippen LogP) is 5.25. The Bertz CT molecular complexity index is 1200. The number of rotatable bonds is 5. The zero-order valence-electron chi connectivity index (χ0n) is 15.5. The fourth-order valence-corrected chi connectivity index (χ4v) is 3.79. The van der Waals surface area contributed by atoms with Gasteiger partial charge in [-0.2, -0.15) is 5.26 Å². The van der Waals surface area contributed by atoms with Gasteiger partial charge in [-0.15, -0.1) is 0 Å². The normalized spacial score (nSPS) is 11.7. The largest absolute Gasteiger partial charge is 0.361 e. The minimum absolute atomic E-state index is 0.109. The molecule has 4 rings (SSSR count).